The first-order valence-electron chi connectivity index (χ1n) is 9.66. The van der Waals surface area contributed by atoms with E-state index >= 15 is 0 Å². The largest absolute Gasteiger partial charge is 0.497 e. The third-order valence-electron chi connectivity index (χ3n) is 5.35. The highest BCUT2D eigenvalue weighted by molar-refractivity contribution is 6.09. The van der Waals surface area contributed by atoms with E-state index in [2.05, 4.69) is 11.9 Å². The Morgan fingerprint density at radius 3 is 2.38 bits per heavy atom. The van der Waals surface area contributed by atoms with Crippen LogP contribution in [-0.4, -0.2) is 13.0 Å². The summed E-state index contributed by atoms with van der Waals surface area (Å²) in [4.78, 5) is 15.7. The van der Waals surface area contributed by atoms with E-state index in [1.54, 1.807) is 13.2 Å². The molecule has 1 amide bonds. The van der Waals surface area contributed by atoms with Crippen molar-refractivity contribution < 1.29 is 9.53 Å². The lowest BCUT2D eigenvalue weighted by Crippen LogP contribution is -2.45. The number of carbonyl (C=O) groups is 1. The predicted octanol–water partition coefficient (Wildman–Crippen LogP) is 5.13. The number of anilines is 2. The summed E-state index contributed by atoms with van der Waals surface area (Å²) in [6.45, 7) is 4.45. The van der Waals surface area contributed by atoms with Crippen LogP contribution in [0.4, 0.5) is 11.4 Å². The summed E-state index contributed by atoms with van der Waals surface area (Å²) in [5, 5.41) is 3.51. The molecule has 3 aromatic rings. The molecule has 0 radical (unpaired) electrons. The average Bonchev–Trinajstić information content (AvgIpc) is 2.98. The maximum atomic E-state index is 13.8. The van der Waals surface area contributed by atoms with Gasteiger partial charge in [0.2, 0.25) is 0 Å². The first kappa shape index (κ1) is 18.8. The molecule has 0 aliphatic carbocycles. The highest BCUT2D eigenvalue weighted by Gasteiger charge is 2.50. The van der Waals surface area contributed by atoms with Crippen molar-refractivity contribution in [2.45, 2.75) is 18.5 Å². The van der Waals surface area contributed by atoms with E-state index in [-0.39, 0.29) is 5.91 Å². The van der Waals surface area contributed by atoms with E-state index in [1.165, 1.54) is 0 Å². The fourth-order valence-electron chi connectivity index (χ4n) is 3.95. The maximum Gasteiger partial charge on any atom is 0.258 e. The van der Waals surface area contributed by atoms with Crippen molar-refractivity contribution in [3.05, 3.63) is 103 Å². The molecule has 0 saturated heterocycles. The summed E-state index contributed by atoms with van der Waals surface area (Å²) >= 11 is 0. The van der Waals surface area contributed by atoms with Crippen LogP contribution in [0.3, 0.4) is 0 Å². The zero-order valence-corrected chi connectivity index (χ0v) is 16.5. The number of ether oxygens (including phenoxy) is 1. The molecule has 4 nitrogen and oxygen atoms in total. The van der Waals surface area contributed by atoms with Gasteiger partial charge in [-0.25, -0.2) is 0 Å². The number of hydrogen-bond donors (Lipinski definition) is 1. The summed E-state index contributed by atoms with van der Waals surface area (Å²) in [7, 11) is 1.64. The zero-order valence-electron chi connectivity index (χ0n) is 16.5. The fraction of sp³-hybridized carbons (Fsp3) is 0.160. The van der Waals surface area contributed by atoms with Crippen LogP contribution in [0.15, 0.2) is 91.5 Å². The first-order chi connectivity index (χ1) is 14.2. The fourth-order valence-corrected chi connectivity index (χ4v) is 3.95. The van der Waals surface area contributed by atoms with Crippen LogP contribution >= 0.6 is 0 Å². The van der Waals surface area contributed by atoms with Gasteiger partial charge in [-0.05, 0) is 35.9 Å². The standard InChI is InChI=1S/C25H24N2O2/c1-3-17-25(26-20-13-15-21(29-2)16-14-20)22-11-7-8-12-23(22)27(24(25)28)18-19-9-5-4-6-10-19/h3-16,26H,1,17-18H2,2H3. The number of para-hydroxylation sites is 1. The van der Waals surface area contributed by atoms with Gasteiger partial charge in [-0.2, -0.15) is 0 Å². The highest BCUT2D eigenvalue weighted by atomic mass is 16.5. The molecule has 0 fully saturated rings. The van der Waals surface area contributed by atoms with Crippen LogP contribution in [0, 0.1) is 0 Å². The number of hydrogen-bond acceptors (Lipinski definition) is 3. The number of fused-ring (bicyclic) bond motifs is 1. The van der Waals surface area contributed by atoms with Gasteiger partial charge in [0.1, 0.15) is 11.3 Å². The van der Waals surface area contributed by atoms with Crippen LogP contribution in [-0.2, 0) is 16.9 Å². The monoisotopic (exact) mass is 384 g/mol. The molecule has 0 saturated carbocycles. The van der Waals surface area contributed by atoms with Crippen LogP contribution in [0.25, 0.3) is 0 Å². The maximum absolute atomic E-state index is 13.8. The van der Waals surface area contributed by atoms with E-state index in [4.69, 9.17) is 4.74 Å². The number of amides is 1. The van der Waals surface area contributed by atoms with Gasteiger partial charge in [-0.1, -0.05) is 54.6 Å². The van der Waals surface area contributed by atoms with E-state index in [0.717, 1.165) is 28.3 Å². The van der Waals surface area contributed by atoms with Gasteiger partial charge in [-0.3, -0.25) is 4.79 Å². The van der Waals surface area contributed by atoms with E-state index < -0.39 is 5.54 Å². The summed E-state index contributed by atoms with van der Waals surface area (Å²) in [6.07, 6.45) is 2.29. The van der Waals surface area contributed by atoms with Gasteiger partial charge < -0.3 is 15.0 Å². The molecule has 0 bridgehead atoms. The molecule has 29 heavy (non-hydrogen) atoms. The Hall–Kier alpha value is -3.53. The molecule has 1 heterocycles. The number of methoxy groups -OCH3 is 1. The molecule has 4 heteroatoms. The van der Waals surface area contributed by atoms with Crippen molar-refractivity contribution in [3.8, 4) is 5.75 Å². The molecular formula is C25H24N2O2. The lowest BCUT2D eigenvalue weighted by Gasteiger charge is -2.30. The third kappa shape index (κ3) is 3.38. The molecule has 1 atom stereocenters. The molecule has 1 aliphatic rings. The molecule has 4 rings (SSSR count). The Balaban J connectivity index is 1.76. The smallest absolute Gasteiger partial charge is 0.258 e. The van der Waals surface area contributed by atoms with Crippen molar-refractivity contribution in [1.82, 2.24) is 0 Å². The second-order valence-corrected chi connectivity index (χ2v) is 7.15. The molecule has 1 N–H and O–H groups in total. The minimum atomic E-state index is -0.887. The number of rotatable bonds is 7. The Bertz CT molecular complexity index is 1010. The lowest BCUT2D eigenvalue weighted by molar-refractivity contribution is -0.122. The number of nitrogens with zero attached hydrogens (tertiary/aromatic N) is 1. The van der Waals surface area contributed by atoms with Crippen LogP contribution in [0.2, 0.25) is 0 Å². The highest BCUT2D eigenvalue weighted by Crippen LogP contribution is 2.45. The van der Waals surface area contributed by atoms with Crippen LogP contribution in [0.1, 0.15) is 17.5 Å². The van der Waals surface area contributed by atoms with Crippen LogP contribution < -0.4 is 15.0 Å². The van der Waals surface area contributed by atoms with Gasteiger partial charge in [0.15, 0.2) is 0 Å². The van der Waals surface area contributed by atoms with Crippen molar-refractivity contribution in [3.63, 3.8) is 0 Å². The van der Waals surface area contributed by atoms with Crippen LogP contribution in [0.5, 0.6) is 5.75 Å². The predicted molar refractivity (Wildman–Crippen MR) is 117 cm³/mol. The Labute approximate surface area is 171 Å². The number of benzene rings is 3. The molecular weight excluding hydrogens is 360 g/mol. The van der Waals surface area contributed by atoms with Crippen molar-refractivity contribution in [1.29, 1.82) is 0 Å². The lowest BCUT2D eigenvalue weighted by atomic mass is 9.87. The normalized spacial score (nSPS) is 17.7. The van der Waals surface area contributed by atoms with Gasteiger partial charge in [0.05, 0.1) is 19.3 Å². The first-order valence-corrected chi connectivity index (χ1v) is 9.66. The Morgan fingerprint density at radius 1 is 1.00 bits per heavy atom. The van der Waals surface area contributed by atoms with Gasteiger partial charge >= 0.3 is 0 Å². The van der Waals surface area contributed by atoms with E-state index in [1.807, 2.05) is 83.8 Å². The average molecular weight is 384 g/mol. The topological polar surface area (TPSA) is 41.6 Å². The summed E-state index contributed by atoms with van der Waals surface area (Å²) in [6, 6.07) is 25.7. The number of nitrogens with one attached hydrogen (secondary N) is 1. The Morgan fingerprint density at radius 2 is 1.69 bits per heavy atom. The third-order valence-corrected chi connectivity index (χ3v) is 5.35. The molecule has 146 valence electrons. The minimum absolute atomic E-state index is 0.0262. The Kier molecular flexibility index (Phi) is 5.09. The quantitative estimate of drug-likeness (QED) is 0.575. The van der Waals surface area contributed by atoms with E-state index in [0.29, 0.717) is 13.0 Å². The summed E-state index contributed by atoms with van der Waals surface area (Å²) in [5.74, 6) is 0.801. The molecule has 1 unspecified atom stereocenters. The molecule has 3 aromatic carbocycles. The second-order valence-electron chi connectivity index (χ2n) is 7.15. The molecule has 0 spiro atoms. The van der Waals surface area contributed by atoms with Gasteiger partial charge in [-0.15, -0.1) is 6.58 Å². The summed E-state index contributed by atoms with van der Waals surface area (Å²) < 4.78 is 5.25. The van der Waals surface area contributed by atoms with Crippen molar-refractivity contribution >= 4 is 17.3 Å². The molecule has 0 aromatic heterocycles. The zero-order chi connectivity index (χ0) is 20.3. The SMILES string of the molecule is C=CCC1(Nc2ccc(OC)cc2)C(=O)N(Cc2ccccc2)c2ccccc21. The van der Waals surface area contributed by atoms with Gasteiger partial charge in [0, 0.05) is 17.7 Å². The van der Waals surface area contributed by atoms with Crippen molar-refractivity contribution in [2.75, 3.05) is 17.3 Å². The number of carbonyl (C=O) groups excluding carboxylic acids is 1. The van der Waals surface area contributed by atoms with Crippen molar-refractivity contribution in [2.24, 2.45) is 0 Å². The minimum Gasteiger partial charge on any atom is -0.497 e. The van der Waals surface area contributed by atoms with E-state index in [9.17, 15) is 4.79 Å². The molecule has 1 aliphatic heterocycles. The second kappa shape index (κ2) is 7.84. The summed E-state index contributed by atoms with van der Waals surface area (Å²) in [5.41, 5.74) is 2.97. The van der Waals surface area contributed by atoms with Gasteiger partial charge in [0.25, 0.3) is 5.91 Å².